The molecule has 108 valence electrons. The summed E-state index contributed by atoms with van der Waals surface area (Å²) in [6.07, 6.45) is 4.92. The Morgan fingerprint density at radius 3 is 2.27 bits per heavy atom. The zero-order chi connectivity index (χ0) is 15.6. The third kappa shape index (κ3) is 2.17. The largest absolute Gasteiger partial charge is 0.292 e. The fourth-order valence-corrected chi connectivity index (χ4v) is 2.42. The summed E-state index contributed by atoms with van der Waals surface area (Å²) in [6, 6.07) is 17.5. The molecule has 1 aliphatic heterocycles. The summed E-state index contributed by atoms with van der Waals surface area (Å²) in [6.45, 7) is 0. The molecule has 0 N–H and O–H groups in total. The summed E-state index contributed by atoms with van der Waals surface area (Å²) in [5.41, 5.74) is -1.18. The minimum Gasteiger partial charge on any atom is -0.268 e. The van der Waals surface area contributed by atoms with Crippen LogP contribution in [-0.2, 0) is 4.79 Å². The highest BCUT2D eigenvalue weighted by atomic mass is 19.1. The molecule has 2 aromatic rings. The van der Waals surface area contributed by atoms with Gasteiger partial charge in [-0.05, 0) is 12.1 Å². The maximum Gasteiger partial charge on any atom is 0.292 e. The molecule has 1 heterocycles. The molecule has 1 unspecified atom stereocenters. The Balaban J connectivity index is 2.11. The topological polar surface area (TPSA) is 32.7 Å². The van der Waals surface area contributed by atoms with Gasteiger partial charge in [-0.25, -0.2) is 4.39 Å². The first-order chi connectivity index (χ1) is 10.7. The van der Waals surface area contributed by atoms with Crippen molar-refractivity contribution < 1.29 is 9.18 Å². The first kappa shape index (κ1) is 14.0. The van der Waals surface area contributed by atoms with Crippen molar-refractivity contribution in [2.75, 3.05) is 5.01 Å². The van der Waals surface area contributed by atoms with Gasteiger partial charge in [-0.3, -0.25) is 4.79 Å². The minimum atomic E-state index is -2.30. The van der Waals surface area contributed by atoms with Crippen molar-refractivity contribution in [3.63, 3.8) is 0 Å². The molecule has 0 spiro atoms. The first-order valence-corrected chi connectivity index (χ1v) is 6.83. The molecule has 0 fully saturated rings. The highest BCUT2D eigenvalue weighted by molar-refractivity contribution is 6.27. The highest BCUT2D eigenvalue weighted by Gasteiger charge is 2.52. The normalized spacial score (nSPS) is 20.6. The molecule has 3 rings (SSSR count). The Bertz CT molecular complexity index is 765. The number of hydrazone groups is 1. The van der Waals surface area contributed by atoms with Crippen LogP contribution in [0.4, 0.5) is 10.1 Å². The average Bonchev–Trinajstić information content (AvgIpc) is 2.82. The highest BCUT2D eigenvalue weighted by Crippen LogP contribution is 2.34. The van der Waals surface area contributed by atoms with Gasteiger partial charge in [0.05, 0.1) is 12.1 Å². The van der Waals surface area contributed by atoms with E-state index >= 15 is 4.39 Å². The predicted molar refractivity (Wildman–Crippen MR) is 84.2 cm³/mol. The van der Waals surface area contributed by atoms with Gasteiger partial charge in [0.15, 0.2) is 0 Å². The van der Waals surface area contributed by atoms with Gasteiger partial charge >= 0.3 is 0 Å². The molecule has 2 aromatic carbocycles. The Hall–Kier alpha value is -2.93. The number of carbonyl (C=O) groups is 1. The molecule has 0 aliphatic carbocycles. The van der Waals surface area contributed by atoms with Crippen LogP contribution in [-0.4, -0.2) is 17.3 Å². The summed E-state index contributed by atoms with van der Waals surface area (Å²) < 4.78 is 15.3. The van der Waals surface area contributed by atoms with Gasteiger partial charge in [0.2, 0.25) is 5.67 Å². The predicted octanol–water partition coefficient (Wildman–Crippen LogP) is 3.17. The van der Waals surface area contributed by atoms with Crippen LogP contribution in [0.3, 0.4) is 0 Å². The van der Waals surface area contributed by atoms with Crippen LogP contribution >= 0.6 is 0 Å². The van der Waals surface area contributed by atoms with Gasteiger partial charge in [-0.15, -0.1) is 12.3 Å². The van der Waals surface area contributed by atoms with E-state index in [1.807, 2.05) is 12.1 Å². The van der Waals surface area contributed by atoms with Crippen LogP contribution in [0, 0.1) is 12.3 Å². The SMILES string of the molecule is C#CCC1(F)C(=O)N(c2ccccc2)N=C1c1ccccc1. The smallest absolute Gasteiger partial charge is 0.268 e. The van der Waals surface area contributed by atoms with E-state index in [0.717, 1.165) is 5.01 Å². The van der Waals surface area contributed by atoms with Crippen LogP contribution in [0.5, 0.6) is 0 Å². The Labute approximate surface area is 128 Å². The maximum atomic E-state index is 15.3. The van der Waals surface area contributed by atoms with E-state index in [-0.39, 0.29) is 12.1 Å². The molecule has 0 saturated carbocycles. The van der Waals surface area contributed by atoms with Crippen LogP contribution in [0.15, 0.2) is 65.8 Å². The second-order valence-electron chi connectivity index (χ2n) is 4.95. The number of benzene rings is 2. The van der Waals surface area contributed by atoms with Crippen molar-refractivity contribution in [1.29, 1.82) is 0 Å². The van der Waals surface area contributed by atoms with Crippen LogP contribution in [0.25, 0.3) is 0 Å². The van der Waals surface area contributed by atoms with Crippen LogP contribution in [0.1, 0.15) is 12.0 Å². The van der Waals surface area contributed by atoms with E-state index < -0.39 is 11.6 Å². The molecule has 1 atom stereocenters. The Morgan fingerprint density at radius 1 is 1.09 bits per heavy atom. The molecule has 3 nitrogen and oxygen atoms in total. The van der Waals surface area contributed by atoms with Crippen molar-refractivity contribution in [2.24, 2.45) is 5.10 Å². The molecule has 0 aromatic heterocycles. The van der Waals surface area contributed by atoms with E-state index in [0.29, 0.717) is 11.3 Å². The molecular formula is C18H13FN2O. The number of nitrogens with zero attached hydrogens (tertiary/aromatic N) is 2. The minimum absolute atomic E-state index is 0.0555. The van der Waals surface area contributed by atoms with Crippen molar-refractivity contribution in [3.8, 4) is 12.3 Å². The number of hydrogen-bond acceptors (Lipinski definition) is 2. The molecular weight excluding hydrogens is 279 g/mol. The first-order valence-electron chi connectivity index (χ1n) is 6.83. The number of alkyl halides is 1. The third-order valence-electron chi connectivity index (χ3n) is 3.50. The quantitative estimate of drug-likeness (QED) is 0.800. The zero-order valence-corrected chi connectivity index (χ0v) is 11.7. The van der Waals surface area contributed by atoms with Gasteiger partial charge in [-0.1, -0.05) is 48.5 Å². The second kappa shape index (κ2) is 5.45. The summed E-state index contributed by atoms with van der Waals surface area (Å²) in [7, 11) is 0. The number of anilines is 1. The third-order valence-corrected chi connectivity index (χ3v) is 3.50. The lowest BCUT2D eigenvalue weighted by atomic mass is 9.91. The number of terminal acetylenes is 1. The van der Waals surface area contributed by atoms with Crippen LogP contribution < -0.4 is 5.01 Å². The zero-order valence-electron chi connectivity index (χ0n) is 11.7. The molecule has 0 saturated heterocycles. The van der Waals surface area contributed by atoms with Crippen LogP contribution in [0.2, 0.25) is 0 Å². The maximum absolute atomic E-state index is 15.3. The van der Waals surface area contributed by atoms with Crippen molar-refractivity contribution >= 4 is 17.3 Å². The Morgan fingerprint density at radius 2 is 1.68 bits per heavy atom. The average molecular weight is 292 g/mol. The van der Waals surface area contributed by atoms with Crippen molar-refractivity contribution in [2.45, 2.75) is 12.1 Å². The monoisotopic (exact) mass is 292 g/mol. The van der Waals surface area contributed by atoms with Gasteiger partial charge in [0, 0.05) is 5.56 Å². The molecule has 0 bridgehead atoms. The molecule has 1 amide bonds. The standard InChI is InChI=1S/C18H13FN2O/c1-2-13-18(19)16(14-9-5-3-6-10-14)20-21(17(18)22)15-11-7-4-8-12-15/h1,3-12H,13H2. The lowest BCUT2D eigenvalue weighted by Crippen LogP contribution is -2.42. The van der Waals surface area contributed by atoms with E-state index in [1.165, 1.54) is 0 Å². The van der Waals surface area contributed by atoms with E-state index in [9.17, 15) is 4.79 Å². The number of amides is 1. The number of hydrogen-bond donors (Lipinski definition) is 0. The number of para-hydroxylation sites is 1. The summed E-state index contributed by atoms with van der Waals surface area (Å²) in [5.74, 6) is 1.49. The van der Waals surface area contributed by atoms with Crippen molar-refractivity contribution in [1.82, 2.24) is 0 Å². The summed E-state index contributed by atoms with van der Waals surface area (Å²) in [5, 5.41) is 5.29. The summed E-state index contributed by atoms with van der Waals surface area (Å²) in [4.78, 5) is 12.5. The fourth-order valence-electron chi connectivity index (χ4n) is 2.42. The van der Waals surface area contributed by atoms with Gasteiger partial charge in [0.1, 0.15) is 5.71 Å². The van der Waals surface area contributed by atoms with Gasteiger partial charge in [0.25, 0.3) is 5.91 Å². The van der Waals surface area contributed by atoms with Gasteiger partial charge in [-0.2, -0.15) is 10.1 Å². The lowest BCUT2D eigenvalue weighted by molar-refractivity contribution is -0.124. The molecule has 1 aliphatic rings. The van der Waals surface area contributed by atoms with Crippen molar-refractivity contribution in [3.05, 3.63) is 66.2 Å². The molecule has 4 heteroatoms. The summed E-state index contributed by atoms with van der Waals surface area (Å²) >= 11 is 0. The molecule has 0 radical (unpaired) electrons. The second-order valence-corrected chi connectivity index (χ2v) is 4.95. The van der Waals surface area contributed by atoms with Gasteiger partial charge < -0.3 is 0 Å². The fraction of sp³-hybridized carbons (Fsp3) is 0.111. The van der Waals surface area contributed by atoms with E-state index in [4.69, 9.17) is 6.42 Å². The Kier molecular flexibility index (Phi) is 3.48. The molecule has 22 heavy (non-hydrogen) atoms. The van der Waals surface area contributed by atoms with E-state index in [1.54, 1.807) is 48.5 Å². The lowest BCUT2D eigenvalue weighted by Gasteiger charge is -2.18. The number of rotatable bonds is 3. The number of halogens is 1. The van der Waals surface area contributed by atoms with E-state index in [2.05, 4.69) is 11.0 Å². The number of carbonyl (C=O) groups excluding carboxylic acids is 1.